The summed E-state index contributed by atoms with van der Waals surface area (Å²) in [7, 11) is 4.33. The molecular formula is C15H24N2O. The van der Waals surface area contributed by atoms with Crippen molar-refractivity contribution < 1.29 is 5.11 Å². The van der Waals surface area contributed by atoms with Gasteiger partial charge in [0.15, 0.2) is 0 Å². The fraction of sp³-hybridized carbons (Fsp3) is 0.600. The van der Waals surface area contributed by atoms with E-state index >= 15 is 0 Å². The highest BCUT2D eigenvalue weighted by molar-refractivity contribution is 5.29. The first-order chi connectivity index (χ1) is 8.58. The van der Waals surface area contributed by atoms with Crippen LogP contribution in [-0.2, 0) is 0 Å². The van der Waals surface area contributed by atoms with Crippen LogP contribution >= 0.6 is 0 Å². The number of phenolic OH excluding ortho intramolecular Hbond substituents is 1. The molecule has 0 bridgehead atoms. The third-order valence-corrected chi connectivity index (χ3v) is 4.13. The third-order valence-electron chi connectivity index (χ3n) is 4.13. The Hall–Kier alpha value is -1.06. The highest BCUT2D eigenvalue weighted by Gasteiger charge is 2.24. The van der Waals surface area contributed by atoms with Crippen molar-refractivity contribution in [2.45, 2.75) is 31.8 Å². The van der Waals surface area contributed by atoms with Gasteiger partial charge < -0.3 is 10.0 Å². The number of hydrogen-bond acceptors (Lipinski definition) is 3. The monoisotopic (exact) mass is 248 g/mol. The Balaban J connectivity index is 1.97. The summed E-state index contributed by atoms with van der Waals surface area (Å²) in [5.74, 6) is 0.363. The van der Waals surface area contributed by atoms with Crippen LogP contribution in [0.2, 0.25) is 0 Å². The average Bonchev–Trinajstić information content (AvgIpc) is 2.38. The molecule has 1 aromatic rings. The van der Waals surface area contributed by atoms with E-state index in [-0.39, 0.29) is 0 Å². The van der Waals surface area contributed by atoms with Crippen LogP contribution in [0.4, 0.5) is 0 Å². The molecule has 1 saturated heterocycles. The zero-order valence-corrected chi connectivity index (χ0v) is 11.6. The summed E-state index contributed by atoms with van der Waals surface area (Å²) in [6.07, 6.45) is 2.46. The lowest BCUT2D eigenvalue weighted by molar-refractivity contribution is 0.115. The van der Waals surface area contributed by atoms with Crippen LogP contribution in [0.25, 0.3) is 0 Å². The Morgan fingerprint density at radius 3 is 2.50 bits per heavy atom. The quantitative estimate of drug-likeness (QED) is 0.890. The zero-order chi connectivity index (χ0) is 13.1. The molecule has 1 heterocycles. The van der Waals surface area contributed by atoms with Crippen molar-refractivity contribution in [3.8, 4) is 5.75 Å². The predicted octanol–water partition coefficient (Wildman–Crippen LogP) is 2.48. The number of aromatic hydroxyl groups is 1. The van der Waals surface area contributed by atoms with E-state index < -0.39 is 0 Å². The van der Waals surface area contributed by atoms with E-state index in [4.69, 9.17) is 0 Å². The summed E-state index contributed by atoms with van der Waals surface area (Å²) < 4.78 is 0. The zero-order valence-electron chi connectivity index (χ0n) is 11.6. The second kappa shape index (κ2) is 5.72. The first-order valence-electron chi connectivity index (χ1n) is 6.77. The van der Waals surface area contributed by atoms with Crippen molar-refractivity contribution in [3.05, 3.63) is 29.8 Å². The van der Waals surface area contributed by atoms with Gasteiger partial charge in [-0.15, -0.1) is 0 Å². The number of piperidine rings is 1. The molecule has 0 radical (unpaired) electrons. The Morgan fingerprint density at radius 1 is 1.28 bits per heavy atom. The molecule has 0 saturated carbocycles. The lowest BCUT2D eigenvalue weighted by atomic mass is 9.99. The van der Waals surface area contributed by atoms with E-state index in [0.717, 1.165) is 19.1 Å². The first kappa shape index (κ1) is 13.4. The van der Waals surface area contributed by atoms with Crippen LogP contribution in [0.5, 0.6) is 5.75 Å². The van der Waals surface area contributed by atoms with Crippen molar-refractivity contribution in [2.75, 3.05) is 27.2 Å². The van der Waals surface area contributed by atoms with Gasteiger partial charge in [0, 0.05) is 25.2 Å². The maximum atomic E-state index is 9.55. The van der Waals surface area contributed by atoms with Crippen molar-refractivity contribution in [1.82, 2.24) is 9.80 Å². The van der Waals surface area contributed by atoms with Gasteiger partial charge in [-0.25, -0.2) is 0 Å². The van der Waals surface area contributed by atoms with Crippen LogP contribution < -0.4 is 0 Å². The number of hydrogen-bond donors (Lipinski definition) is 1. The molecule has 3 nitrogen and oxygen atoms in total. The molecule has 1 fully saturated rings. The average molecular weight is 248 g/mol. The molecule has 1 aromatic carbocycles. The summed E-state index contributed by atoms with van der Waals surface area (Å²) in [6, 6.07) is 8.74. The normalized spacial score (nSPS) is 20.2. The van der Waals surface area contributed by atoms with Gasteiger partial charge in [0.05, 0.1) is 0 Å². The van der Waals surface area contributed by atoms with Crippen LogP contribution in [0.15, 0.2) is 24.3 Å². The SMILES string of the molecule is CC(c1cccc(O)c1)N1CCC(N(C)C)CC1. The summed E-state index contributed by atoms with van der Waals surface area (Å²) in [5.41, 5.74) is 1.21. The topological polar surface area (TPSA) is 26.7 Å². The van der Waals surface area contributed by atoms with E-state index in [1.165, 1.54) is 18.4 Å². The van der Waals surface area contributed by atoms with Crippen molar-refractivity contribution >= 4 is 0 Å². The van der Waals surface area contributed by atoms with Crippen molar-refractivity contribution in [1.29, 1.82) is 0 Å². The highest BCUT2D eigenvalue weighted by atomic mass is 16.3. The maximum Gasteiger partial charge on any atom is 0.115 e. The molecule has 1 unspecified atom stereocenters. The van der Waals surface area contributed by atoms with E-state index in [1.807, 2.05) is 12.1 Å². The van der Waals surface area contributed by atoms with E-state index in [0.29, 0.717) is 11.8 Å². The molecule has 0 spiro atoms. The molecule has 0 amide bonds. The van der Waals surface area contributed by atoms with Gasteiger partial charge in [0.2, 0.25) is 0 Å². The molecule has 1 aliphatic heterocycles. The predicted molar refractivity (Wildman–Crippen MR) is 74.8 cm³/mol. The van der Waals surface area contributed by atoms with Gasteiger partial charge in [0.1, 0.15) is 5.75 Å². The van der Waals surface area contributed by atoms with Crippen LogP contribution in [0, 0.1) is 0 Å². The van der Waals surface area contributed by atoms with Crippen LogP contribution in [-0.4, -0.2) is 48.1 Å². The van der Waals surface area contributed by atoms with Gasteiger partial charge in [0.25, 0.3) is 0 Å². The summed E-state index contributed by atoms with van der Waals surface area (Å²) in [6.45, 7) is 4.50. The largest absolute Gasteiger partial charge is 0.508 e. The number of nitrogens with zero attached hydrogens (tertiary/aromatic N) is 2. The number of rotatable bonds is 3. The maximum absolute atomic E-state index is 9.55. The molecule has 0 aromatic heterocycles. The molecule has 1 aliphatic rings. The van der Waals surface area contributed by atoms with Crippen molar-refractivity contribution in [2.24, 2.45) is 0 Å². The number of benzene rings is 1. The number of phenols is 1. The van der Waals surface area contributed by atoms with Crippen LogP contribution in [0.3, 0.4) is 0 Å². The Labute approximate surface area is 110 Å². The highest BCUT2D eigenvalue weighted by Crippen LogP contribution is 2.27. The van der Waals surface area contributed by atoms with E-state index in [1.54, 1.807) is 6.07 Å². The molecule has 2 rings (SSSR count). The third kappa shape index (κ3) is 3.03. The van der Waals surface area contributed by atoms with Gasteiger partial charge >= 0.3 is 0 Å². The Bertz CT molecular complexity index is 384. The molecular weight excluding hydrogens is 224 g/mol. The van der Waals surface area contributed by atoms with Gasteiger partial charge in [-0.05, 0) is 51.6 Å². The lowest BCUT2D eigenvalue weighted by Crippen LogP contribution is -2.42. The fourth-order valence-electron chi connectivity index (χ4n) is 2.79. The summed E-state index contributed by atoms with van der Waals surface area (Å²) in [4.78, 5) is 4.84. The summed E-state index contributed by atoms with van der Waals surface area (Å²) in [5, 5.41) is 9.55. The second-order valence-electron chi connectivity index (χ2n) is 5.50. The molecule has 3 heteroatoms. The molecule has 1 N–H and O–H groups in total. The van der Waals surface area contributed by atoms with Crippen LogP contribution in [0.1, 0.15) is 31.4 Å². The van der Waals surface area contributed by atoms with Gasteiger partial charge in [-0.1, -0.05) is 12.1 Å². The molecule has 18 heavy (non-hydrogen) atoms. The molecule has 1 atom stereocenters. The minimum absolute atomic E-state index is 0.363. The van der Waals surface area contributed by atoms with Crippen molar-refractivity contribution in [3.63, 3.8) is 0 Å². The smallest absolute Gasteiger partial charge is 0.115 e. The minimum atomic E-state index is 0.363. The Morgan fingerprint density at radius 2 is 1.94 bits per heavy atom. The fourth-order valence-corrected chi connectivity index (χ4v) is 2.79. The first-order valence-corrected chi connectivity index (χ1v) is 6.77. The van der Waals surface area contributed by atoms with E-state index in [9.17, 15) is 5.11 Å². The standard InChI is InChI=1S/C15H24N2O/c1-12(13-5-4-6-15(18)11-13)17-9-7-14(8-10-17)16(2)3/h4-6,11-12,14,18H,7-10H2,1-3H3. The molecule has 0 aliphatic carbocycles. The molecule has 100 valence electrons. The lowest BCUT2D eigenvalue weighted by Gasteiger charge is -2.38. The van der Waals surface area contributed by atoms with Gasteiger partial charge in [-0.2, -0.15) is 0 Å². The van der Waals surface area contributed by atoms with Gasteiger partial charge in [-0.3, -0.25) is 4.90 Å². The Kier molecular flexibility index (Phi) is 4.25. The van der Waals surface area contributed by atoms with E-state index in [2.05, 4.69) is 36.9 Å². The number of likely N-dealkylation sites (tertiary alicyclic amines) is 1. The minimum Gasteiger partial charge on any atom is -0.508 e. The summed E-state index contributed by atoms with van der Waals surface area (Å²) >= 11 is 0. The second-order valence-corrected chi connectivity index (χ2v) is 5.50.